The highest BCUT2D eigenvalue weighted by Crippen LogP contribution is 2.16. The van der Waals surface area contributed by atoms with E-state index in [2.05, 4.69) is 11.2 Å². The third-order valence-corrected chi connectivity index (χ3v) is 2.94. The monoisotopic (exact) mass is 259 g/mol. The molecule has 1 atom stereocenters. The number of ether oxygens (including phenoxy) is 1. The summed E-state index contributed by atoms with van der Waals surface area (Å²) in [6, 6.07) is 10.3. The van der Waals surface area contributed by atoms with Gasteiger partial charge in [0, 0.05) is 13.1 Å². The minimum absolute atomic E-state index is 0.162. The summed E-state index contributed by atoms with van der Waals surface area (Å²) in [5, 5.41) is 4.30. The Morgan fingerprint density at radius 3 is 2.79 bits per heavy atom. The van der Waals surface area contributed by atoms with Crippen molar-refractivity contribution in [3.05, 3.63) is 47.3 Å². The number of nitrogens with two attached hydrogens (primary N) is 1. The van der Waals surface area contributed by atoms with Crippen molar-refractivity contribution in [1.29, 1.82) is 0 Å². The van der Waals surface area contributed by atoms with Crippen molar-refractivity contribution >= 4 is 0 Å². The van der Waals surface area contributed by atoms with E-state index in [1.807, 2.05) is 49.8 Å². The summed E-state index contributed by atoms with van der Waals surface area (Å²) in [5.41, 5.74) is 9.08. The van der Waals surface area contributed by atoms with E-state index in [9.17, 15) is 0 Å². The van der Waals surface area contributed by atoms with E-state index in [0.717, 1.165) is 23.6 Å². The first-order valence-corrected chi connectivity index (χ1v) is 6.51. The Kier molecular flexibility index (Phi) is 4.22. The topological polar surface area (TPSA) is 53.1 Å². The molecule has 0 aliphatic rings. The standard InChI is InChI=1S/C15H21N3O/c1-11(16)7-13-5-4-6-15(9-13)19-10-14-8-12(2)17-18(14)3/h4-6,8-9,11H,7,10,16H2,1-3H3. The maximum Gasteiger partial charge on any atom is 0.130 e. The van der Waals surface area contributed by atoms with Crippen LogP contribution >= 0.6 is 0 Å². The Bertz CT molecular complexity index is 546. The summed E-state index contributed by atoms with van der Waals surface area (Å²) >= 11 is 0. The third-order valence-electron chi connectivity index (χ3n) is 2.94. The molecular formula is C15H21N3O. The van der Waals surface area contributed by atoms with Gasteiger partial charge >= 0.3 is 0 Å². The molecule has 0 saturated carbocycles. The zero-order valence-corrected chi connectivity index (χ0v) is 11.8. The van der Waals surface area contributed by atoms with E-state index in [4.69, 9.17) is 10.5 Å². The van der Waals surface area contributed by atoms with Gasteiger partial charge in [-0.3, -0.25) is 4.68 Å². The minimum Gasteiger partial charge on any atom is -0.487 e. The maximum absolute atomic E-state index is 5.81. The zero-order valence-electron chi connectivity index (χ0n) is 11.8. The molecule has 4 heteroatoms. The molecule has 1 unspecified atom stereocenters. The summed E-state index contributed by atoms with van der Waals surface area (Å²) < 4.78 is 7.66. The lowest BCUT2D eigenvalue weighted by Gasteiger charge is -2.09. The van der Waals surface area contributed by atoms with Gasteiger partial charge in [-0.15, -0.1) is 0 Å². The average molecular weight is 259 g/mol. The molecule has 4 nitrogen and oxygen atoms in total. The molecule has 1 heterocycles. The van der Waals surface area contributed by atoms with Crippen LogP contribution in [-0.4, -0.2) is 15.8 Å². The molecule has 0 aliphatic heterocycles. The molecule has 1 aromatic heterocycles. The minimum atomic E-state index is 0.162. The van der Waals surface area contributed by atoms with Crippen LogP contribution in [0.1, 0.15) is 23.9 Å². The molecule has 0 amide bonds. The van der Waals surface area contributed by atoms with Crippen molar-refractivity contribution in [3.8, 4) is 5.75 Å². The maximum atomic E-state index is 5.81. The van der Waals surface area contributed by atoms with Gasteiger partial charge in [0.05, 0.1) is 11.4 Å². The number of nitrogens with zero attached hydrogens (tertiary/aromatic N) is 2. The predicted octanol–water partition coefficient (Wildman–Crippen LogP) is 2.20. The van der Waals surface area contributed by atoms with Gasteiger partial charge in [0.15, 0.2) is 0 Å². The lowest BCUT2D eigenvalue weighted by molar-refractivity contribution is 0.294. The molecule has 2 aromatic rings. The van der Waals surface area contributed by atoms with E-state index >= 15 is 0 Å². The van der Waals surface area contributed by atoms with Crippen LogP contribution in [0.5, 0.6) is 5.75 Å². The molecule has 19 heavy (non-hydrogen) atoms. The Morgan fingerprint density at radius 2 is 2.16 bits per heavy atom. The second kappa shape index (κ2) is 5.89. The molecule has 102 valence electrons. The van der Waals surface area contributed by atoms with Gasteiger partial charge in [-0.25, -0.2) is 0 Å². The normalized spacial score (nSPS) is 12.4. The smallest absolute Gasteiger partial charge is 0.130 e. The number of aromatic nitrogens is 2. The van der Waals surface area contributed by atoms with Gasteiger partial charge in [0.25, 0.3) is 0 Å². The molecular weight excluding hydrogens is 238 g/mol. The molecule has 0 spiro atoms. The van der Waals surface area contributed by atoms with Crippen molar-refractivity contribution in [2.24, 2.45) is 12.8 Å². The van der Waals surface area contributed by atoms with Gasteiger partial charge in [0.2, 0.25) is 0 Å². The van der Waals surface area contributed by atoms with E-state index in [1.54, 1.807) is 0 Å². The Labute approximate surface area is 114 Å². The van der Waals surface area contributed by atoms with Crippen LogP contribution in [0.25, 0.3) is 0 Å². The van der Waals surface area contributed by atoms with Gasteiger partial charge in [-0.1, -0.05) is 12.1 Å². The summed E-state index contributed by atoms with van der Waals surface area (Å²) in [6.45, 7) is 4.51. The quantitative estimate of drug-likeness (QED) is 0.895. The molecule has 0 bridgehead atoms. The fraction of sp³-hybridized carbons (Fsp3) is 0.400. The van der Waals surface area contributed by atoms with Gasteiger partial charge < -0.3 is 10.5 Å². The van der Waals surface area contributed by atoms with Crippen molar-refractivity contribution in [3.63, 3.8) is 0 Å². The average Bonchev–Trinajstić information content (AvgIpc) is 2.65. The van der Waals surface area contributed by atoms with Crippen molar-refractivity contribution in [2.75, 3.05) is 0 Å². The highest BCUT2D eigenvalue weighted by atomic mass is 16.5. The Balaban J connectivity index is 2.01. The molecule has 1 aromatic carbocycles. The molecule has 0 aliphatic carbocycles. The molecule has 2 N–H and O–H groups in total. The van der Waals surface area contributed by atoms with Crippen LogP contribution in [0.3, 0.4) is 0 Å². The van der Waals surface area contributed by atoms with Crippen LogP contribution in [0.4, 0.5) is 0 Å². The summed E-state index contributed by atoms with van der Waals surface area (Å²) in [7, 11) is 1.93. The van der Waals surface area contributed by atoms with Crippen molar-refractivity contribution < 1.29 is 4.74 Å². The second-order valence-corrected chi connectivity index (χ2v) is 5.02. The largest absolute Gasteiger partial charge is 0.487 e. The molecule has 0 fully saturated rings. The van der Waals surface area contributed by atoms with Crippen LogP contribution < -0.4 is 10.5 Å². The third kappa shape index (κ3) is 3.83. The first-order chi connectivity index (χ1) is 9.04. The van der Waals surface area contributed by atoms with Crippen LogP contribution in [-0.2, 0) is 20.1 Å². The highest BCUT2D eigenvalue weighted by Gasteiger charge is 2.04. The molecule has 2 rings (SSSR count). The van der Waals surface area contributed by atoms with Crippen LogP contribution in [0.2, 0.25) is 0 Å². The fourth-order valence-electron chi connectivity index (χ4n) is 2.09. The van der Waals surface area contributed by atoms with Crippen LogP contribution in [0, 0.1) is 6.92 Å². The Hall–Kier alpha value is -1.81. The summed E-state index contributed by atoms with van der Waals surface area (Å²) in [6.07, 6.45) is 0.863. The lowest BCUT2D eigenvalue weighted by atomic mass is 10.1. The number of hydrogen-bond donors (Lipinski definition) is 1. The van der Waals surface area contributed by atoms with E-state index in [1.165, 1.54) is 5.56 Å². The van der Waals surface area contributed by atoms with Crippen molar-refractivity contribution in [1.82, 2.24) is 9.78 Å². The van der Waals surface area contributed by atoms with Crippen LogP contribution in [0.15, 0.2) is 30.3 Å². The molecule has 0 radical (unpaired) electrons. The second-order valence-electron chi connectivity index (χ2n) is 5.02. The predicted molar refractivity (Wildman–Crippen MR) is 76.1 cm³/mol. The number of rotatable bonds is 5. The van der Waals surface area contributed by atoms with Gasteiger partial charge in [-0.05, 0) is 44.0 Å². The SMILES string of the molecule is Cc1cc(COc2cccc(CC(C)N)c2)n(C)n1. The fourth-order valence-corrected chi connectivity index (χ4v) is 2.09. The Morgan fingerprint density at radius 1 is 1.37 bits per heavy atom. The van der Waals surface area contributed by atoms with Gasteiger partial charge in [-0.2, -0.15) is 5.10 Å². The number of hydrogen-bond acceptors (Lipinski definition) is 3. The van der Waals surface area contributed by atoms with Crippen molar-refractivity contribution in [2.45, 2.75) is 32.9 Å². The first-order valence-electron chi connectivity index (χ1n) is 6.51. The number of benzene rings is 1. The van der Waals surface area contributed by atoms with E-state index < -0.39 is 0 Å². The lowest BCUT2D eigenvalue weighted by Crippen LogP contribution is -2.17. The number of aryl methyl sites for hydroxylation is 2. The van der Waals surface area contributed by atoms with Gasteiger partial charge in [0.1, 0.15) is 12.4 Å². The molecule has 0 saturated heterocycles. The van der Waals surface area contributed by atoms with E-state index in [-0.39, 0.29) is 6.04 Å². The summed E-state index contributed by atoms with van der Waals surface area (Å²) in [5.74, 6) is 0.872. The highest BCUT2D eigenvalue weighted by molar-refractivity contribution is 5.29. The summed E-state index contributed by atoms with van der Waals surface area (Å²) in [4.78, 5) is 0. The van der Waals surface area contributed by atoms with E-state index in [0.29, 0.717) is 6.61 Å². The zero-order chi connectivity index (χ0) is 13.8. The first kappa shape index (κ1) is 13.6.